The Labute approximate surface area is 217 Å². The molecule has 4 rings (SSSR count). The summed E-state index contributed by atoms with van der Waals surface area (Å²) >= 11 is 0. The van der Waals surface area contributed by atoms with Gasteiger partial charge in [0.1, 0.15) is 17.2 Å². The summed E-state index contributed by atoms with van der Waals surface area (Å²) in [5.41, 5.74) is 0.155. The van der Waals surface area contributed by atoms with Gasteiger partial charge in [-0.2, -0.15) is 18.2 Å². The SMILES string of the molecule is CCS(=O)(=O)Nc1ncccc1CNc1nc(Nc2ccc(C(=O)NCC3CC3)cc2)ncc1C(F)(F)F. The number of carbonyl (C=O) groups excluding carboxylic acids is 1. The number of pyridine rings is 1. The monoisotopic (exact) mass is 549 g/mol. The molecule has 0 radical (unpaired) electrons. The first-order chi connectivity index (χ1) is 18.0. The second-order valence-electron chi connectivity index (χ2n) is 8.68. The molecule has 38 heavy (non-hydrogen) atoms. The molecule has 0 atom stereocenters. The lowest BCUT2D eigenvalue weighted by atomic mass is 10.2. The number of anilines is 4. The lowest BCUT2D eigenvalue weighted by Crippen LogP contribution is -2.25. The smallest absolute Gasteiger partial charge is 0.365 e. The van der Waals surface area contributed by atoms with Crippen LogP contribution < -0.4 is 20.7 Å². The molecule has 1 saturated carbocycles. The number of carbonyl (C=O) groups is 1. The molecule has 0 saturated heterocycles. The highest BCUT2D eigenvalue weighted by Gasteiger charge is 2.35. The van der Waals surface area contributed by atoms with E-state index in [2.05, 4.69) is 35.6 Å². The molecule has 14 heteroatoms. The Morgan fingerprint density at radius 2 is 1.82 bits per heavy atom. The fourth-order valence-corrected chi connectivity index (χ4v) is 3.97. The number of alkyl halides is 3. The van der Waals surface area contributed by atoms with Crippen LogP contribution in [0.3, 0.4) is 0 Å². The third kappa shape index (κ3) is 7.31. The van der Waals surface area contributed by atoms with E-state index in [9.17, 15) is 26.4 Å². The van der Waals surface area contributed by atoms with Gasteiger partial charge in [0.05, 0.1) is 5.75 Å². The van der Waals surface area contributed by atoms with Crippen LogP contribution in [0.15, 0.2) is 48.8 Å². The molecular formula is C24H26F3N7O3S. The Hall–Kier alpha value is -3.94. The van der Waals surface area contributed by atoms with Crippen molar-refractivity contribution in [2.75, 3.05) is 27.7 Å². The molecule has 3 aromatic rings. The largest absolute Gasteiger partial charge is 0.421 e. The van der Waals surface area contributed by atoms with Crippen LogP contribution >= 0.6 is 0 Å². The highest BCUT2D eigenvalue weighted by molar-refractivity contribution is 7.92. The Morgan fingerprint density at radius 3 is 2.47 bits per heavy atom. The van der Waals surface area contributed by atoms with Gasteiger partial charge < -0.3 is 16.0 Å². The maximum absolute atomic E-state index is 13.6. The summed E-state index contributed by atoms with van der Waals surface area (Å²) in [6.45, 7) is 1.89. The van der Waals surface area contributed by atoms with Crippen molar-refractivity contribution in [1.29, 1.82) is 0 Å². The van der Waals surface area contributed by atoms with Gasteiger partial charge in [-0.15, -0.1) is 0 Å². The van der Waals surface area contributed by atoms with E-state index in [4.69, 9.17) is 0 Å². The standard InChI is InChI=1S/C24H26F3N7O3S/c1-2-38(36,37)34-20-17(4-3-11-28-20)13-29-21-19(24(25,26)27)14-31-23(33-21)32-18-9-7-16(8-10-18)22(35)30-12-15-5-6-15/h3-4,7-11,14-15H,2,5-6,12-13H2,1H3,(H,28,34)(H,30,35)(H2,29,31,32,33). The first kappa shape index (κ1) is 27.1. The van der Waals surface area contributed by atoms with Gasteiger partial charge in [0.2, 0.25) is 16.0 Å². The van der Waals surface area contributed by atoms with E-state index in [1.54, 1.807) is 24.3 Å². The van der Waals surface area contributed by atoms with Gasteiger partial charge in [0.15, 0.2) is 0 Å². The number of amides is 1. The van der Waals surface area contributed by atoms with Crippen molar-refractivity contribution >= 4 is 39.2 Å². The fourth-order valence-electron chi connectivity index (χ4n) is 3.35. The van der Waals surface area contributed by atoms with Crippen molar-refractivity contribution in [3.8, 4) is 0 Å². The predicted octanol–water partition coefficient (Wildman–Crippen LogP) is 4.15. The van der Waals surface area contributed by atoms with Crippen LogP contribution in [0.5, 0.6) is 0 Å². The zero-order chi connectivity index (χ0) is 27.3. The molecule has 4 N–H and O–H groups in total. The molecule has 2 heterocycles. The molecule has 0 unspecified atom stereocenters. The molecule has 1 aliphatic rings. The first-order valence-electron chi connectivity index (χ1n) is 11.8. The van der Waals surface area contributed by atoms with Crippen LogP contribution in [0.2, 0.25) is 0 Å². The fraction of sp³-hybridized carbons (Fsp3) is 0.333. The maximum atomic E-state index is 13.6. The van der Waals surface area contributed by atoms with Crippen molar-refractivity contribution in [1.82, 2.24) is 20.3 Å². The van der Waals surface area contributed by atoms with E-state index in [0.29, 0.717) is 35.5 Å². The molecule has 2 aromatic heterocycles. The normalized spacial score (nSPS) is 13.6. The average molecular weight is 550 g/mol. The number of benzene rings is 1. The summed E-state index contributed by atoms with van der Waals surface area (Å²) in [6.07, 6.45) is -0.478. The molecule has 0 bridgehead atoms. The quantitative estimate of drug-likeness (QED) is 0.280. The number of hydrogen-bond acceptors (Lipinski definition) is 8. The Balaban J connectivity index is 1.49. The number of aromatic nitrogens is 3. The van der Waals surface area contributed by atoms with Crippen molar-refractivity contribution in [2.24, 2.45) is 5.92 Å². The van der Waals surface area contributed by atoms with Crippen LogP contribution in [0, 0.1) is 5.92 Å². The lowest BCUT2D eigenvalue weighted by Gasteiger charge is -2.16. The van der Waals surface area contributed by atoms with Crippen LogP contribution in [0.25, 0.3) is 0 Å². The second-order valence-corrected chi connectivity index (χ2v) is 10.7. The molecule has 202 valence electrons. The van der Waals surface area contributed by atoms with Crippen LogP contribution in [-0.4, -0.2) is 41.6 Å². The van der Waals surface area contributed by atoms with Gasteiger partial charge >= 0.3 is 6.18 Å². The summed E-state index contributed by atoms with van der Waals surface area (Å²) in [5, 5.41) is 8.32. The van der Waals surface area contributed by atoms with Gasteiger partial charge in [0, 0.05) is 42.3 Å². The number of sulfonamides is 1. The van der Waals surface area contributed by atoms with Crippen LogP contribution in [-0.2, 0) is 22.7 Å². The Morgan fingerprint density at radius 1 is 1.08 bits per heavy atom. The zero-order valence-corrected chi connectivity index (χ0v) is 21.2. The summed E-state index contributed by atoms with van der Waals surface area (Å²) in [4.78, 5) is 24.0. The van der Waals surface area contributed by atoms with Crippen molar-refractivity contribution in [3.05, 3.63) is 65.5 Å². The summed E-state index contributed by atoms with van der Waals surface area (Å²) in [7, 11) is -3.64. The van der Waals surface area contributed by atoms with Gasteiger partial charge in [0.25, 0.3) is 5.91 Å². The van der Waals surface area contributed by atoms with Crippen molar-refractivity contribution in [3.63, 3.8) is 0 Å². The number of hydrogen-bond donors (Lipinski definition) is 4. The molecule has 0 spiro atoms. The topological polar surface area (TPSA) is 138 Å². The molecule has 1 aromatic carbocycles. The van der Waals surface area contributed by atoms with Gasteiger partial charge in [-0.25, -0.2) is 18.4 Å². The van der Waals surface area contributed by atoms with Gasteiger partial charge in [-0.05, 0) is 56.0 Å². The Kier molecular flexibility index (Phi) is 7.99. The molecule has 1 aliphatic carbocycles. The number of nitrogens with zero attached hydrogens (tertiary/aromatic N) is 3. The third-order valence-electron chi connectivity index (χ3n) is 5.72. The third-order valence-corrected chi connectivity index (χ3v) is 6.98. The lowest BCUT2D eigenvalue weighted by molar-refractivity contribution is -0.137. The zero-order valence-electron chi connectivity index (χ0n) is 20.3. The van der Waals surface area contributed by atoms with Crippen LogP contribution in [0.1, 0.15) is 41.3 Å². The molecular weight excluding hydrogens is 523 g/mol. The molecule has 10 nitrogen and oxygen atoms in total. The minimum atomic E-state index is -4.74. The maximum Gasteiger partial charge on any atom is 0.421 e. The molecule has 1 amide bonds. The first-order valence-corrected chi connectivity index (χ1v) is 13.5. The molecule has 0 aliphatic heterocycles. The summed E-state index contributed by atoms with van der Waals surface area (Å²) < 4.78 is 67.1. The van der Waals surface area contributed by atoms with E-state index in [1.807, 2.05) is 0 Å². The minimum Gasteiger partial charge on any atom is -0.365 e. The minimum absolute atomic E-state index is 0.00377. The molecule has 1 fully saturated rings. The van der Waals surface area contributed by atoms with Crippen LogP contribution in [0.4, 0.5) is 36.4 Å². The van der Waals surface area contributed by atoms with E-state index in [0.717, 1.165) is 12.8 Å². The van der Waals surface area contributed by atoms with Gasteiger partial charge in [-0.3, -0.25) is 9.52 Å². The number of nitrogens with one attached hydrogen (secondary N) is 4. The average Bonchev–Trinajstić information content (AvgIpc) is 3.71. The van der Waals surface area contributed by atoms with E-state index < -0.39 is 27.6 Å². The van der Waals surface area contributed by atoms with Crippen molar-refractivity contribution < 1.29 is 26.4 Å². The number of rotatable bonds is 11. The highest BCUT2D eigenvalue weighted by atomic mass is 32.2. The Bertz CT molecular complexity index is 1400. The van der Waals surface area contributed by atoms with E-state index in [1.165, 1.54) is 25.3 Å². The highest BCUT2D eigenvalue weighted by Crippen LogP contribution is 2.34. The van der Waals surface area contributed by atoms with E-state index in [-0.39, 0.29) is 30.0 Å². The summed E-state index contributed by atoms with van der Waals surface area (Å²) in [5.74, 6) is -0.448. The predicted molar refractivity (Wildman–Crippen MR) is 136 cm³/mol. The summed E-state index contributed by atoms with van der Waals surface area (Å²) in [6, 6.07) is 9.45. The second kappa shape index (κ2) is 11.2. The van der Waals surface area contributed by atoms with Crippen molar-refractivity contribution in [2.45, 2.75) is 32.5 Å². The number of halogens is 3. The van der Waals surface area contributed by atoms with Gasteiger partial charge in [-0.1, -0.05) is 6.07 Å². The van der Waals surface area contributed by atoms with E-state index >= 15 is 0 Å².